The minimum atomic E-state index is -0.543. The van der Waals surface area contributed by atoms with Gasteiger partial charge in [0, 0.05) is 4.88 Å². The monoisotopic (exact) mass is 440 g/mol. The number of benzene rings is 1. The van der Waals surface area contributed by atoms with E-state index in [1.165, 1.54) is 22.7 Å². The molecule has 30 heavy (non-hydrogen) atoms. The predicted octanol–water partition coefficient (Wildman–Crippen LogP) is 2.87. The van der Waals surface area contributed by atoms with Crippen LogP contribution < -0.4 is 19.6 Å². The van der Waals surface area contributed by atoms with Gasteiger partial charge in [-0.3, -0.25) is 9.36 Å². The first-order chi connectivity index (χ1) is 14.5. The first kappa shape index (κ1) is 20.3. The molecule has 0 amide bonds. The van der Waals surface area contributed by atoms with Gasteiger partial charge in [-0.25, -0.2) is 9.79 Å². The third-order valence-corrected chi connectivity index (χ3v) is 6.65. The molecule has 1 aliphatic heterocycles. The van der Waals surface area contributed by atoms with Crippen LogP contribution in [0.2, 0.25) is 0 Å². The highest BCUT2D eigenvalue weighted by molar-refractivity contribution is 7.10. The summed E-state index contributed by atoms with van der Waals surface area (Å²) in [7, 11) is 1.61. The summed E-state index contributed by atoms with van der Waals surface area (Å²) in [5, 5.41) is 1.93. The lowest BCUT2D eigenvalue weighted by Crippen LogP contribution is -2.39. The number of hydrogen-bond donors (Lipinski definition) is 0. The Hall–Kier alpha value is -2.97. The summed E-state index contributed by atoms with van der Waals surface area (Å²) in [6, 6.07) is 10.8. The summed E-state index contributed by atoms with van der Waals surface area (Å²) >= 11 is 2.81. The molecular weight excluding hydrogens is 420 g/mol. The molecule has 6 nitrogen and oxygen atoms in total. The van der Waals surface area contributed by atoms with Gasteiger partial charge in [-0.15, -0.1) is 11.3 Å². The van der Waals surface area contributed by atoms with E-state index in [2.05, 4.69) is 4.99 Å². The maximum Gasteiger partial charge on any atom is 0.338 e. The van der Waals surface area contributed by atoms with E-state index in [0.717, 1.165) is 16.2 Å². The number of nitrogens with zero attached hydrogens (tertiary/aromatic N) is 2. The van der Waals surface area contributed by atoms with Gasteiger partial charge in [0.2, 0.25) is 0 Å². The Morgan fingerprint density at radius 2 is 2.03 bits per heavy atom. The molecule has 0 saturated carbocycles. The van der Waals surface area contributed by atoms with Crippen molar-refractivity contribution in [3.63, 3.8) is 0 Å². The van der Waals surface area contributed by atoms with E-state index < -0.39 is 12.0 Å². The predicted molar refractivity (Wildman–Crippen MR) is 118 cm³/mol. The molecule has 0 radical (unpaired) electrons. The molecule has 1 aromatic carbocycles. The summed E-state index contributed by atoms with van der Waals surface area (Å²) in [5.74, 6) is 0.308. The normalized spacial score (nSPS) is 16.2. The highest BCUT2D eigenvalue weighted by Crippen LogP contribution is 2.33. The first-order valence-corrected chi connectivity index (χ1v) is 11.1. The van der Waals surface area contributed by atoms with Crippen LogP contribution in [0.3, 0.4) is 0 Å². The van der Waals surface area contributed by atoms with Crippen LogP contribution in [0.1, 0.15) is 30.3 Å². The summed E-state index contributed by atoms with van der Waals surface area (Å²) < 4.78 is 12.6. The Kier molecular flexibility index (Phi) is 5.69. The number of allylic oxidation sites excluding steroid dienone is 1. The number of carbonyl (C=O) groups is 1. The second-order valence-electron chi connectivity index (χ2n) is 6.59. The molecule has 1 aliphatic rings. The van der Waals surface area contributed by atoms with E-state index in [-0.39, 0.29) is 12.2 Å². The Morgan fingerprint density at radius 3 is 2.67 bits per heavy atom. The molecular formula is C22H20N2O4S2. The zero-order valence-corrected chi connectivity index (χ0v) is 18.4. The van der Waals surface area contributed by atoms with Crippen molar-refractivity contribution in [2.45, 2.75) is 19.9 Å². The molecule has 0 spiro atoms. The van der Waals surface area contributed by atoms with Crippen LogP contribution in [0, 0.1) is 0 Å². The van der Waals surface area contributed by atoms with Crippen LogP contribution >= 0.6 is 22.7 Å². The second-order valence-corrected chi connectivity index (χ2v) is 8.58. The largest absolute Gasteiger partial charge is 0.497 e. The molecule has 0 aliphatic carbocycles. The minimum absolute atomic E-state index is 0.178. The van der Waals surface area contributed by atoms with Gasteiger partial charge in [0.1, 0.15) is 11.8 Å². The molecule has 1 unspecified atom stereocenters. The SMILES string of the molecule is CCOC(=O)C1=C(C)N=c2s/c(=C/c3ccc(OC)cc3)c(=O)n2C1c1cccs1. The van der Waals surface area contributed by atoms with Gasteiger partial charge in [0.25, 0.3) is 5.56 Å². The fourth-order valence-corrected chi connectivity index (χ4v) is 5.23. The van der Waals surface area contributed by atoms with Crippen LogP contribution in [0.25, 0.3) is 6.08 Å². The standard InChI is InChI=1S/C22H20N2O4S2/c1-4-28-21(26)18-13(2)23-22-24(19(18)16-6-5-11-29-16)20(25)17(30-22)12-14-7-9-15(27-3)10-8-14/h5-12,19H,4H2,1-3H3/b17-12+. The molecule has 2 aromatic heterocycles. The fourth-order valence-electron chi connectivity index (χ4n) is 3.36. The summed E-state index contributed by atoms with van der Waals surface area (Å²) in [6.45, 7) is 3.81. The third kappa shape index (κ3) is 3.64. The number of aromatic nitrogens is 1. The van der Waals surface area contributed by atoms with Crippen molar-refractivity contribution in [3.05, 3.63) is 83.2 Å². The van der Waals surface area contributed by atoms with Gasteiger partial charge in [0.05, 0.1) is 29.5 Å². The maximum atomic E-state index is 13.4. The topological polar surface area (TPSA) is 69.9 Å². The van der Waals surface area contributed by atoms with Crippen molar-refractivity contribution < 1.29 is 14.3 Å². The number of fused-ring (bicyclic) bond motifs is 1. The van der Waals surface area contributed by atoms with Gasteiger partial charge >= 0.3 is 5.97 Å². The van der Waals surface area contributed by atoms with E-state index in [0.29, 0.717) is 20.6 Å². The molecule has 1 atom stereocenters. The van der Waals surface area contributed by atoms with Gasteiger partial charge in [0.15, 0.2) is 4.80 Å². The lowest BCUT2D eigenvalue weighted by molar-refractivity contribution is -0.139. The van der Waals surface area contributed by atoms with Crippen LogP contribution in [0.5, 0.6) is 5.75 Å². The first-order valence-electron chi connectivity index (χ1n) is 9.40. The van der Waals surface area contributed by atoms with E-state index in [1.54, 1.807) is 25.5 Å². The third-order valence-electron chi connectivity index (χ3n) is 4.74. The second kappa shape index (κ2) is 8.41. The number of hydrogen-bond acceptors (Lipinski definition) is 7. The van der Waals surface area contributed by atoms with Crippen molar-refractivity contribution >= 4 is 34.7 Å². The lowest BCUT2D eigenvalue weighted by Gasteiger charge is -2.23. The van der Waals surface area contributed by atoms with E-state index >= 15 is 0 Å². The van der Waals surface area contributed by atoms with Crippen LogP contribution in [-0.4, -0.2) is 24.3 Å². The molecule has 154 valence electrons. The summed E-state index contributed by atoms with van der Waals surface area (Å²) in [4.78, 5) is 32.1. The number of esters is 1. The Balaban J connectivity index is 1.90. The average Bonchev–Trinajstić information content (AvgIpc) is 3.37. The Labute approximate surface area is 181 Å². The molecule has 0 N–H and O–H groups in total. The Morgan fingerprint density at radius 1 is 1.27 bits per heavy atom. The van der Waals surface area contributed by atoms with Gasteiger partial charge in [-0.2, -0.15) is 0 Å². The zero-order valence-electron chi connectivity index (χ0n) is 16.7. The van der Waals surface area contributed by atoms with Crippen molar-refractivity contribution in [3.8, 4) is 5.75 Å². The molecule has 3 aromatic rings. The summed E-state index contributed by atoms with van der Waals surface area (Å²) in [6.07, 6.45) is 1.83. The summed E-state index contributed by atoms with van der Waals surface area (Å²) in [5.41, 5.74) is 1.68. The van der Waals surface area contributed by atoms with Gasteiger partial charge in [-0.1, -0.05) is 29.5 Å². The number of rotatable bonds is 5. The van der Waals surface area contributed by atoms with E-state index in [1.807, 2.05) is 47.9 Å². The van der Waals surface area contributed by atoms with E-state index in [9.17, 15) is 9.59 Å². The number of ether oxygens (including phenoxy) is 2. The van der Waals surface area contributed by atoms with Crippen molar-refractivity contribution in [1.29, 1.82) is 0 Å². The minimum Gasteiger partial charge on any atom is -0.497 e. The van der Waals surface area contributed by atoms with Crippen LogP contribution in [0.4, 0.5) is 0 Å². The number of thiophene rings is 1. The van der Waals surface area contributed by atoms with E-state index in [4.69, 9.17) is 9.47 Å². The molecule has 3 heterocycles. The lowest BCUT2D eigenvalue weighted by atomic mass is 10.0. The molecule has 0 saturated heterocycles. The number of methoxy groups -OCH3 is 1. The van der Waals surface area contributed by atoms with Crippen molar-refractivity contribution in [1.82, 2.24) is 4.57 Å². The maximum absolute atomic E-state index is 13.4. The van der Waals surface area contributed by atoms with Crippen LogP contribution in [0.15, 0.2) is 62.8 Å². The highest BCUT2D eigenvalue weighted by Gasteiger charge is 2.33. The fraction of sp³-hybridized carbons (Fsp3) is 0.227. The van der Waals surface area contributed by atoms with Gasteiger partial charge < -0.3 is 9.47 Å². The molecule has 4 rings (SSSR count). The van der Waals surface area contributed by atoms with Gasteiger partial charge in [-0.05, 0) is 49.1 Å². The number of thiazole rings is 1. The zero-order chi connectivity index (χ0) is 21.3. The number of carbonyl (C=O) groups excluding carboxylic acids is 1. The average molecular weight is 441 g/mol. The van der Waals surface area contributed by atoms with Crippen LogP contribution in [-0.2, 0) is 9.53 Å². The smallest absolute Gasteiger partial charge is 0.338 e. The molecule has 8 heteroatoms. The van der Waals surface area contributed by atoms with Crippen molar-refractivity contribution in [2.24, 2.45) is 4.99 Å². The quantitative estimate of drug-likeness (QED) is 0.572. The Bertz CT molecular complexity index is 1280. The molecule has 0 bridgehead atoms. The highest BCUT2D eigenvalue weighted by atomic mass is 32.1. The molecule has 0 fully saturated rings. The van der Waals surface area contributed by atoms with Crippen molar-refractivity contribution in [2.75, 3.05) is 13.7 Å².